The monoisotopic (exact) mass is 216 g/mol. The minimum atomic E-state index is -1.12. The number of nitrogens with one attached hydrogen (secondary N) is 2. The molecule has 0 spiro atoms. The first-order chi connectivity index (χ1) is 7.18. The molecule has 0 atom stereocenters. The molecule has 0 aliphatic heterocycles. The third kappa shape index (κ3) is 6.73. The Morgan fingerprint density at radius 3 is 2.73 bits per heavy atom. The van der Waals surface area contributed by atoms with Crippen molar-refractivity contribution in [3.8, 4) is 0 Å². The predicted octanol–water partition coefficient (Wildman–Crippen LogP) is 0.492. The first-order valence-corrected chi connectivity index (χ1v) is 5.06. The fraction of sp³-hybridized carbons (Fsp3) is 0.778. The standard InChI is InChI=1S/C9H16N2O4/c12-8(13)6-15-11-9(14)10-5-1-2-7-3-4-7/h7H,1-6H2,(H,12,13)(H2,10,11,14). The van der Waals surface area contributed by atoms with Crippen LogP contribution in [0.15, 0.2) is 0 Å². The molecule has 1 aliphatic rings. The third-order valence-corrected chi connectivity index (χ3v) is 2.13. The lowest BCUT2D eigenvalue weighted by atomic mass is 10.2. The van der Waals surface area contributed by atoms with E-state index in [9.17, 15) is 9.59 Å². The normalized spacial score (nSPS) is 14.7. The molecular formula is C9H16N2O4. The maximum atomic E-state index is 10.9. The second kappa shape index (κ2) is 6.23. The number of amides is 2. The topological polar surface area (TPSA) is 87.7 Å². The molecule has 2 amide bonds. The zero-order valence-electron chi connectivity index (χ0n) is 8.49. The Labute approximate surface area is 87.9 Å². The molecule has 0 bridgehead atoms. The lowest BCUT2D eigenvalue weighted by Crippen LogP contribution is -2.37. The van der Waals surface area contributed by atoms with Gasteiger partial charge in [-0.3, -0.25) is 4.84 Å². The van der Waals surface area contributed by atoms with E-state index >= 15 is 0 Å². The highest BCUT2D eigenvalue weighted by Crippen LogP contribution is 2.33. The van der Waals surface area contributed by atoms with Gasteiger partial charge in [0, 0.05) is 6.54 Å². The van der Waals surface area contributed by atoms with Gasteiger partial charge in [0.05, 0.1) is 0 Å². The molecule has 0 aromatic heterocycles. The lowest BCUT2D eigenvalue weighted by molar-refractivity contribution is -0.144. The van der Waals surface area contributed by atoms with Crippen molar-refractivity contribution in [2.24, 2.45) is 5.92 Å². The predicted molar refractivity (Wildman–Crippen MR) is 52.1 cm³/mol. The van der Waals surface area contributed by atoms with Crippen molar-refractivity contribution >= 4 is 12.0 Å². The van der Waals surface area contributed by atoms with Crippen LogP contribution in [0, 0.1) is 5.92 Å². The molecule has 0 radical (unpaired) electrons. The van der Waals surface area contributed by atoms with E-state index in [1.54, 1.807) is 0 Å². The summed E-state index contributed by atoms with van der Waals surface area (Å²) in [5.41, 5.74) is 1.99. The molecule has 0 heterocycles. The number of rotatable bonds is 7. The summed E-state index contributed by atoms with van der Waals surface area (Å²) >= 11 is 0. The van der Waals surface area contributed by atoms with Crippen LogP contribution in [0.4, 0.5) is 4.79 Å². The molecular weight excluding hydrogens is 200 g/mol. The van der Waals surface area contributed by atoms with Gasteiger partial charge in [-0.25, -0.2) is 15.1 Å². The van der Waals surface area contributed by atoms with Crippen LogP contribution in [-0.2, 0) is 9.63 Å². The van der Waals surface area contributed by atoms with Crippen molar-refractivity contribution in [3.05, 3.63) is 0 Å². The van der Waals surface area contributed by atoms with Gasteiger partial charge in [0.25, 0.3) is 0 Å². The third-order valence-electron chi connectivity index (χ3n) is 2.13. The number of urea groups is 1. The number of hydrogen-bond donors (Lipinski definition) is 3. The number of carboxylic acids is 1. The van der Waals surface area contributed by atoms with Gasteiger partial charge >= 0.3 is 12.0 Å². The molecule has 1 saturated carbocycles. The molecule has 6 heteroatoms. The average Bonchev–Trinajstić information content (AvgIpc) is 2.95. The van der Waals surface area contributed by atoms with Gasteiger partial charge in [-0.2, -0.15) is 0 Å². The van der Waals surface area contributed by atoms with Gasteiger partial charge in [0.2, 0.25) is 0 Å². The minimum Gasteiger partial charge on any atom is -0.479 e. The van der Waals surface area contributed by atoms with Crippen LogP contribution >= 0.6 is 0 Å². The lowest BCUT2D eigenvalue weighted by Gasteiger charge is -2.05. The first kappa shape index (κ1) is 11.8. The Balaban J connectivity index is 1.86. The largest absolute Gasteiger partial charge is 0.479 e. The van der Waals surface area contributed by atoms with Crippen LogP contribution in [-0.4, -0.2) is 30.3 Å². The van der Waals surface area contributed by atoms with Gasteiger partial charge in [0.15, 0.2) is 6.61 Å². The Morgan fingerprint density at radius 1 is 1.40 bits per heavy atom. The number of aliphatic carboxylic acids is 1. The van der Waals surface area contributed by atoms with E-state index in [1.165, 1.54) is 12.8 Å². The fourth-order valence-electron chi connectivity index (χ4n) is 1.20. The molecule has 15 heavy (non-hydrogen) atoms. The van der Waals surface area contributed by atoms with Gasteiger partial charge < -0.3 is 10.4 Å². The van der Waals surface area contributed by atoms with Crippen molar-refractivity contribution < 1.29 is 19.5 Å². The molecule has 1 aliphatic carbocycles. The summed E-state index contributed by atoms with van der Waals surface area (Å²) < 4.78 is 0. The van der Waals surface area contributed by atoms with Gasteiger partial charge in [-0.1, -0.05) is 12.8 Å². The van der Waals surface area contributed by atoms with Crippen LogP contribution in [0.3, 0.4) is 0 Å². The summed E-state index contributed by atoms with van der Waals surface area (Å²) in [6, 6.07) is -0.493. The van der Waals surface area contributed by atoms with Crippen LogP contribution in [0.25, 0.3) is 0 Å². The van der Waals surface area contributed by atoms with Crippen molar-refractivity contribution in [1.29, 1.82) is 0 Å². The number of carbonyl (C=O) groups is 2. The van der Waals surface area contributed by atoms with Gasteiger partial charge in [0.1, 0.15) is 0 Å². The summed E-state index contributed by atoms with van der Waals surface area (Å²) in [5.74, 6) is -0.262. The molecule has 6 nitrogen and oxygen atoms in total. The molecule has 1 fully saturated rings. The molecule has 1 rings (SSSR count). The summed E-state index contributed by atoms with van der Waals surface area (Å²) in [6.07, 6.45) is 4.73. The van der Waals surface area contributed by atoms with E-state index < -0.39 is 18.6 Å². The first-order valence-electron chi connectivity index (χ1n) is 5.06. The molecule has 0 aromatic rings. The van der Waals surface area contributed by atoms with Crippen LogP contribution < -0.4 is 10.8 Å². The Hall–Kier alpha value is -1.30. The molecule has 0 saturated heterocycles. The summed E-state index contributed by atoms with van der Waals surface area (Å²) in [7, 11) is 0. The van der Waals surface area contributed by atoms with E-state index in [0.29, 0.717) is 6.54 Å². The Bertz CT molecular complexity index is 228. The average molecular weight is 216 g/mol. The number of hydrogen-bond acceptors (Lipinski definition) is 3. The van der Waals surface area contributed by atoms with Crippen molar-refractivity contribution in [2.75, 3.05) is 13.2 Å². The Kier molecular flexibility index (Phi) is 4.89. The van der Waals surface area contributed by atoms with E-state index in [0.717, 1.165) is 18.8 Å². The minimum absolute atomic E-state index is 0.493. The number of carboxylic acid groups (broad SMARTS) is 1. The number of carbonyl (C=O) groups excluding carboxylic acids is 1. The molecule has 3 N–H and O–H groups in total. The van der Waals surface area contributed by atoms with Crippen LogP contribution in [0.5, 0.6) is 0 Å². The summed E-state index contributed by atoms with van der Waals surface area (Å²) in [4.78, 5) is 25.4. The second-order valence-electron chi connectivity index (χ2n) is 3.63. The quantitative estimate of drug-likeness (QED) is 0.427. The molecule has 0 unspecified atom stereocenters. The highest BCUT2D eigenvalue weighted by atomic mass is 16.7. The van der Waals surface area contributed by atoms with Gasteiger partial charge in [-0.05, 0) is 18.8 Å². The van der Waals surface area contributed by atoms with Crippen molar-refractivity contribution in [3.63, 3.8) is 0 Å². The van der Waals surface area contributed by atoms with E-state index in [1.807, 2.05) is 5.48 Å². The maximum Gasteiger partial charge on any atom is 0.338 e. The SMILES string of the molecule is O=C(O)CONC(=O)NCCCC1CC1. The number of hydroxylamine groups is 1. The van der Waals surface area contributed by atoms with Gasteiger partial charge in [-0.15, -0.1) is 0 Å². The fourth-order valence-corrected chi connectivity index (χ4v) is 1.20. The van der Waals surface area contributed by atoms with Crippen LogP contribution in [0.2, 0.25) is 0 Å². The van der Waals surface area contributed by atoms with Crippen molar-refractivity contribution in [2.45, 2.75) is 25.7 Å². The van der Waals surface area contributed by atoms with E-state index in [-0.39, 0.29) is 0 Å². The molecule has 86 valence electrons. The molecule has 0 aromatic carbocycles. The van der Waals surface area contributed by atoms with E-state index in [4.69, 9.17) is 5.11 Å². The van der Waals surface area contributed by atoms with E-state index in [2.05, 4.69) is 10.2 Å². The zero-order chi connectivity index (χ0) is 11.1. The zero-order valence-corrected chi connectivity index (χ0v) is 8.49. The second-order valence-corrected chi connectivity index (χ2v) is 3.63. The van der Waals surface area contributed by atoms with Crippen molar-refractivity contribution in [1.82, 2.24) is 10.8 Å². The maximum absolute atomic E-state index is 10.9. The Morgan fingerprint density at radius 2 is 2.13 bits per heavy atom. The van der Waals surface area contributed by atoms with Crippen LogP contribution in [0.1, 0.15) is 25.7 Å². The smallest absolute Gasteiger partial charge is 0.338 e. The highest BCUT2D eigenvalue weighted by molar-refractivity contribution is 5.73. The highest BCUT2D eigenvalue weighted by Gasteiger charge is 2.20. The summed E-state index contributed by atoms with van der Waals surface area (Å²) in [5, 5.41) is 10.8. The summed E-state index contributed by atoms with van der Waals surface area (Å²) in [6.45, 7) is 0.0637.